The number of halogens is 1. The molecule has 0 radical (unpaired) electrons. The molecule has 3 nitrogen and oxygen atoms in total. The molecule has 2 rings (SSSR count). The van der Waals surface area contributed by atoms with Crippen molar-refractivity contribution >= 4 is 5.91 Å². The smallest absolute Gasteiger partial charge is 0.234 e. The third-order valence-electron chi connectivity index (χ3n) is 2.84. The predicted molar refractivity (Wildman–Crippen MR) is 76.4 cm³/mol. The van der Waals surface area contributed by atoms with Crippen molar-refractivity contribution in [2.45, 2.75) is 13.1 Å². The minimum atomic E-state index is -0.266. The summed E-state index contributed by atoms with van der Waals surface area (Å²) in [7, 11) is 0. The lowest BCUT2D eigenvalue weighted by Gasteiger charge is -2.07. The summed E-state index contributed by atoms with van der Waals surface area (Å²) in [6.07, 6.45) is 0. The van der Waals surface area contributed by atoms with E-state index in [1.54, 1.807) is 6.07 Å². The summed E-state index contributed by atoms with van der Waals surface area (Å²) in [5.41, 5.74) is 1.88. The maximum Gasteiger partial charge on any atom is 0.234 e. The Labute approximate surface area is 117 Å². The van der Waals surface area contributed by atoms with E-state index in [4.69, 9.17) is 0 Å². The lowest BCUT2D eigenvalue weighted by Crippen LogP contribution is -2.33. The predicted octanol–water partition coefficient (Wildman–Crippen LogP) is 2.23. The van der Waals surface area contributed by atoms with Gasteiger partial charge in [0.25, 0.3) is 0 Å². The molecule has 0 aliphatic rings. The first kappa shape index (κ1) is 14.2. The second-order valence-corrected chi connectivity index (χ2v) is 4.50. The molecule has 0 fully saturated rings. The van der Waals surface area contributed by atoms with Crippen LogP contribution in [0.3, 0.4) is 0 Å². The molecule has 0 heterocycles. The van der Waals surface area contributed by atoms with Crippen LogP contribution >= 0.6 is 0 Å². The number of carbonyl (C=O) groups is 1. The molecule has 2 aromatic carbocycles. The summed E-state index contributed by atoms with van der Waals surface area (Å²) in [5.74, 6) is -0.344. The van der Waals surface area contributed by atoms with Crippen LogP contribution in [0.4, 0.5) is 4.39 Å². The quantitative estimate of drug-likeness (QED) is 0.846. The zero-order valence-electron chi connectivity index (χ0n) is 11.1. The fourth-order valence-electron chi connectivity index (χ4n) is 1.83. The minimum Gasteiger partial charge on any atom is -0.351 e. The van der Waals surface area contributed by atoms with Gasteiger partial charge in [-0.2, -0.15) is 0 Å². The lowest BCUT2D eigenvalue weighted by molar-refractivity contribution is -0.120. The molecule has 0 atom stereocenters. The van der Waals surface area contributed by atoms with Crippen molar-refractivity contribution in [3.05, 3.63) is 71.5 Å². The number of benzene rings is 2. The largest absolute Gasteiger partial charge is 0.351 e. The van der Waals surface area contributed by atoms with Gasteiger partial charge in [-0.25, -0.2) is 4.39 Å². The Bertz CT molecular complexity index is 557. The van der Waals surface area contributed by atoms with E-state index in [1.807, 2.05) is 36.4 Å². The average molecular weight is 272 g/mol. The third kappa shape index (κ3) is 4.82. The Hall–Kier alpha value is -2.20. The first-order valence-corrected chi connectivity index (χ1v) is 6.50. The number of nitrogens with one attached hydrogen (secondary N) is 2. The van der Waals surface area contributed by atoms with Crippen molar-refractivity contribution in [1.29, 1.82) is 0 Å². The fourth-order valence-corrected chi connectivity index (χ4v) is 1.83. The molecule has 20 heavy (non-hydrogen) atoms. The Morgan fingerprint density at radius 3 is 2.45 bits per heavy atom. The van der Waals surface area contributed by atoms with Gasteiger partial charge in [0.05, 0.1) is 6.54 Å². The van der Waals surface area contributed by atoms with Gasteiger partial charge in [-0.3, -0.25) is 4.79 Å². The zero-order valence-corrected chi connectivity index (χ0v) is 11.1. The van der Waals surface area contributed by atoms with E-state index in [2.05, 4.69) is 10.6 Å². The molecule has 0 saturated heterocycles. The summed E-state index contributed by atoms with van der Waals surface area (Å²) < 4.78 is 13.0. The van der Waals surface area contributed by atoms with Crippen LogP contribution in [-0.2, 0) is 17.9 Å². The highest BCUT2D eigenvalue weighted by atomic mass is 19.1. The minimum absolute atomic E-state index is 0.0785. The van der Waals surface area contributed by atoms with Gasteiger partial charge >= 0.3 is 0 Å². The van der Waals surface area contributed by atoms with Crippen LogP contribution in [0.5, 0.6) is 0 Å². The molecular weight excluding hydrogens is 255 g/mol. The number of rotatable bonds is 6. The second kappa shape index (κ2) is 7.40. The van der Waals surface area contributed by atoms with E-state index in [-0.39, 0.29) is 18.3 Å². The van der Waals surface area contributed by atoms with Crippen molar-refractivity contribution in [2.24, 2.45) is 0 Å². The molecule has 0 bridgehead atoms. The van der Waals surface area contributed by atoms with E-state index < -0.39 is 0 Å². The van der Waals surface area contributed by atoms with Gasteiger partial charge in [-0.05, 0) is 23.3 Å². The monoisotopic (exact) mass is 272 g/mol. The number of hydrogen-bond donors (Lipinski definition) is 2. The molecule has 4 heteroatoms. The summed E-state index contributed by atoms with van der Waals surface area (Å²) in [5, 5.41) is 5.81. The molecule has 2 aromatic rings. The number of hydrogen-bond acceptors (Lipinski definition) is 2. The fraction of sp³-hybridized carbons (Fsp3) is 0.188. The van der Waals surface area contributed by atoms with E-state index in [0.29, 0.717) is 13.1 Å². The van der Waals surface area contributed by atoms with Crippen molar-refractivity contribution in [3.8, 4) is 0 Å². The van der Waals surface area contributed by atoms with Gasteiger partial charge < -0.3 is 10.6 Å². The molecule has 0 aromatic heterocycles. The number of amides is 1. The summed E-state index contributed by atoms with van der Waals surface area (Å²) >= 11 is 0. The molecule has 0 aliphatic carbocycles. The van der Waals surface area contributed by atoms with Crippen molar-refractivity contribution in [3.63, 3.8) is 0 Å². The van der Waals surface area contributed by atoms with Crippen molar-refractivity contribution in [2.75, 3.05) is 6.54 Å². The normalized spacial score (nSPS) is 10.2. The average Bonchev–Trinajstić information content (AvgIpc) is 2.46. The van der Waals surface area contributed by atoms with E-state index in [9.17, 15) is 9.18 Å². The standard InChI is InChI=1S/C16H17FN2O/c17-15-8-4-7-14(9-15)10-18-12-16(20)19-11-13-5-2-1-3-6-13/h1-9,18H,10-12H2,(H,19,20). The van der Waals surface area contributed by atoms with E-state index in [0.717, 1.165) is 11.1 Å². The van der Waals surface area contributed by atoms with Gasteiger partial charge in [-0.15, -0.1) is 0 Å². The summed E-state index contributed by atoms with van der Waals surface area (Å²) in [6, 6.07) is 16.0. The summed E-state index contributed by atoms with van der Waals surface area (Å²) in [6.45, 7) is 1.20. The molecule has 1 amide bonds. The maximum absolute atomic E-state index is 13.0. The highest BCUT2D eigenvalue weighted by molar-refractivity contribution is 5.77. The van der Waals surface area contributed by atoms with Crippen LogP contribution in [0, 0.1) is 5.82 Å². The van der Waals surface area contributed by atoms with Crippen LogP contribution in [0.2, 0.25) is 0 Å². The SMILES string of the molecule is O=C(CNCc1cccc(F)c1)NCc1ccccc1. The highest BCUT2D eigenvalue weighted by Gasteiger charge is 2.01. The van der Waals surface area contributed by atoms with Gasteiger partial charge in [0.15, 0.2) is 0 Å². The van der Waals surface area contributed by atoms with Crippen LogP contribution in [-0.4, -0.2) is 12.5 Å². The van der Waals surface area contributed by atoms with Crippen LogP contribution in [0.15, 0.2) is 54.6 Å². The molecule has 0 saturated carbocycles. The first-order valence-electron chi connectivity index (χ1n) is 6.50. The van der Waals surface area contributed by atoms with Gasteiger partial charge in [0.2, 0.25) is 5.91 Å². The summed E-state index contributed by atoms with van der Waals surface area (Å²) in [4.78, 5) is 11.6. The Balaban J connectivity index is 1.68. The molecule has 104 valence electrons. The highest BCUT2D eigenvalue weighted by Crippen LogP contribution is 2.02. The zero-order chi connectivity index (χ0) is 14.2. The van der Waals surface area contributed by atoms with E-state index in [1.165, 1.54) is 12.1 Å². The Morgan fingerprint density at radius 1 is 0.950 bits per heavy atom. The second-order valence-electron chi connectivity index (χ2n) is 4.50. The maximum atomic E-state index is 13.0. The van der Waals surface area contributed by atoms with Crippen molar-refractivity contribution < 1.29 is 9.18 Å². The molecule has 0 aliphatic heterocycles. The van der Waals surface area contributed by atoms with Crippen molar-refractivity contribution in [1.82, 2.24) is 10.6 Å². The van der Waals surface area contributed by atoms with Crippen LogP contribution < -0.4 is 10.6 Å². The molecule has 0 unspecified atom stereocenters. The Morgan fingerprint density at radius 2 is 1.70 bits per heavy atom. The molecular formula is C16H17FN2O. The topological polar surface area (TPSA) is 41.1 Å². The van der Waals surface area contributed by atoms with Gasteiger partial charge in [-0.1, -0.05) is 42.5 Å². The first-order chi connectivity index (χ1) is 9.74. The Kier molecular flexibility index (Phi) is 5.26. The van der Waals surface area contributed by atoms with Gasteiger partial charge in [0.1, 0.15) is 5.82 Å². The molecule has 2 N–H and O–H groups in total. The van der Waals surface area contributed by atoms with Crippen LogP contribution in [0.1, 0.15) is 11.1 Å². The number of carbonyl (C=O) groups excluding carboxylic acids is 1. The third-order valence-corrected chi connectivity index (χ3v) is 2.84. The molecule has 0 spiro atoms. The lowest BCUT2D eigenvalue weighted by atomic mass is 10.2. The van der Waals surface area contributed by atoms with Gasteiger partial charge in [0, 0.05) is 13.1 Å². The van der Waals surface area contributed by atoms with E-state index >= 15 is 0 Å². The van der Waals surface area contributed by atoms with Crippen LogP contribution in [0.25, 0.3) is 0 Å².